The topological polar surface area (TPSA) is 126 Å². The van der Waals surface area contributed by atoms with Crippen molar-refractivity contribution in [3.63, 3.8) is 0 Å². The first-order valence-electron chi connectivity index (χ1n) is 8.87. The number of hydrazone groups is 1. The van der Waals surface area contributed by atoms with Gasteiger partial charge in [0.05, 0.1) is 25.3 Å². The molecule has 0 atom stereocenters. The summed E-state index contributed by atoms with van der Waals surface area (Å²) in [7, 11) is 0. The molecule has 3 N–H and O–H groups in total. The van der Waals surface area contributed by atoms with Crippen molar-refractivity contribution in [2.24, 2.45) is 5.10 Å². The Bertz CT molecular complexity index is 975. The van der Waals surface area contributed by atoms with Crippen LogP contribution in [0.15, 0.2) is 32.9 Å². The summed E-state index contributed by atoms with van der Waals surface area (Å²) in [5.74, 6) is 0.731. The number of carbonyl (C=O) groups excluding carboxylic acids is 1. The number of aryl methyl sites for hydroxylation is 1. The van der Waals surface area contributed by atoms with Crippen molar-refractivity contribution in [3.8, 4) is 11.5 Å². The van der Waals surface area contributed by atoms with Gasteiger partial charge in [-0.15, -0.1) is 0 Å². The Morgan fingerprint density at radius 3 is 2.64 bits per heavy atom. The third-order valence-corrected chi connectivity index (χ3v) is 3.63. The Kier molecular flexibility index (Phi) is 7.14. The normalized spacial score (nSPS) is 11.0. The molecule has 150 valence electrons. The van der Waals surface area contributed by atoms with Crippen LogP contribution in [0.2, 0.25) is 0 Å². The number of ether oxygens (including phenoxy) is 2. The first-order valence-corrected chi connectivity index (χ1v) is 8.87. The molecular weight excluding hydrogens is 364 g/mol. The molecule has 2 aromatic rings. The second kappa shape index (κ2) is 9.54. The molecule has 1 aromatic carbocycles. The average molecular weight is 388 g/mol. The van der Waals surface area contributed by atoms with Gasteiger partial charge in [0, 0.05) is 11.3 Å². The Labute approximate surface area is 161 Å². The number of carbonyl (C=O) groups is 1. The predicted octanol–water partition coefficient (Wildman–Crippen LogP) is 1.25. The third-order valence-electron chi connectivity index (χ3n) is 3.63. The van der Waals surface area contributed by atoms with Crippen molar-refractivity contribution >= 4 is 12.1 Å². The quantitative estimate of drug-likeness (QED) is 0.463. The van der Waals surface area contributed by atoms with Crippen molar-refractivity contribution in [1.82, 2.24) is 15.4 Å². The lowest BCUT2D eigenvalue weighted by Gasteiger charge is -2.14. The van der Waals surface area contributed by atoms with E-state index in [9.17, 15) is 14.4 Å². The van der Waals surface area contributed by atoms with Gasteiger partial charge in [0.1, 0.15) is 0 Å². The minimum Gasteiger partial charge on any atom is -0.490 e. The smallest absolute Gasteiger partial charge is 0.325 e. The van der Waals surface area contributed by atoms with Crippen LogP contribution >= 0.6 is 0 Å². The van der Waals surface area contributed by atoms with Gasteiger partial charge in [-0.2, -0.15) is 5.10 Å². The third kappa shape index (κ3) is 5.83. The molecule has 0 aliphatic heterocycles. The first-order chi connectivity index (χ1) is 13.3. The molecule has 9 heteroatoms. The second-order valence-electron chi connectivity index (χ2n) is 6.29. The number of rotatable bonds is 8. The minimum atomic E-state index is -0.611. The lowest BCUT2D eigenvalue weighted by atomic mass is 10.1. The van der Waals surface area contributed by atoms with Crippen LogP contribution in [0.3, 0.4) is 0 Å². The molecule has 0 aliphatic rings. The van der Waals surface area contributed by atoms with Crippen LogP contribution in [0.5, 0.6) is 11.5 Å². The molecule has 0 fully saturated rings. The molecule has 0 bridgehead atoms. The van der Waals surface area contributed by atoms with E-state index in [-0.39, 0.29) is 18.1 Å². The number of nitrogens with zero attached hydrogens (tertiary/aromatic N) is 1. The first kappa shape index (κ1) is 20.9. The number of H-pyrrole nitrogens is 2. The van der Waals surface area contributed by atoms with Gasteiger partial charge in [0.2, 0.25) is 5.91 Å². The van der Waals surface area contributed by atoms with Crippen molar-refractivity contribution < 1.29 is 14.3 Å². The van der Waals surface area contributed by atoms with Gasteiger partial charge in [-0.05, 0) is 51.5 Å². The molecule has 0 saturated heterocycles. The fourth-order valence-electron chi connectivity index (χ4n) is 2.44. The van der Waals surface area contributed by atoms with Crippen LogP contribution in [-0.4, -0.2) is 34.8 Å². The van der Waals surface area contributed by atoms with E-state index in [0.29, 0.717) is 29.4 Å². The van der Waals surface area contributed by atoms with E-state index in [2.05, 4.69) is 20.5 Å². The van der Waals surface area contributed by atoms with Crippen molar-refractivity contribution in [2.75, 3.05) is 6.61 Å². The predicted molar refractivity (Wildman–Crippen MR) is 105 cm³/mol. The molecule has 1 heterocycles. The van der Waals surface area contributed by atoms with Gasteiger partial charge in [-0.3, -0.25) is 14.6 Å². The summed E-state index contributed by atoms with van der Waals surface area (Å²) >= 11 is 0. The van der Waals surface area contributed by atoms with Crippen LogP contribution in [0.25, 0.3) is 0 Å². The number of hydrogen-bond acceptors (Lipinski definition) is 6. The van der Waals surface area contributed by atoms with Crippen LogP contribution < -0.4 is 26.1 Å². The summed E-state index contributed by atoms with van der Waals surface area (Å²) in [6, 6.07) is 5.32. The van der Waals surface area contributed by atoms with Crippen LogP contribution in [0.1, 0.15) is 37.6 Å². The number of hydrogen-bond donors (Lipinski definition) is 3. The van der Waals surface area contributed by atoms with Crippen LogP contribution in [0.4, 0.5) is 0 Å². The van der Waals surface area contributed by atoms with E-state index >= 15 is 0 Å². The molecule has 9 nitrogen and oxygen atoms in total. The van der Waals surface area contributed by atoms with Crippen molar-refractivity contribution in [3.05, 3.63) is 55.9 Å². The maximum atomic E-state index is 12.0. The summed E-state index contributed by atoms with van der Waals surface area (Å²) in [5.41, 5.74) is 2.38. The zero-order valence-corrected chi connectivity index (χ0v) is 16.3. The highest BCUT2D eigenvalue weighted by atomic mass is 16.5. The van der Waals surface area contributed by atoms with E-state index < -0.39 is 17.2 Å². The fourth-order valence-corrected chi connectivity index (χ4v) is 2.44. The van der Waals surface area contributed by atoms with Gasteiger partial charge in [0.15, 0.2) is 11.5 Å². The number of aromatic amines is 2. The lowest BCUT2D eigenvalue weighted by Crippen LogP contribution is -2.30. The lowest BCUT2D eigenvalue weighted by molar-refractivity contribution is -0.120. The Hall–Kier alpha value is -3.36. The summed E-state index contributed by atoms with van der Waals surface area (Å²) in [6.45, 7) is 7.77. The molecule has 0 aliphatic carbocycles. The molecule has 0 radical (unpaired) electrons. The monoisotopic (exact) mass is 388 g/mol. The minimum absolute atomic E-state index is 0.0116. The Morgan fingerprint density at radius 1 is 1.25 bits per heavy atom. The molecule has 28 heavy (non-hydrogen) atoms. The number of aromatic nitrogens is 2. The SMILES string of the molecule is CCOc1cc(/C=N\NC(=O)Cc2c(C)[nH]c(=O)[nH]c2=O)ccc1OC(C)C. The highest BCUT2D eigenvalue weighted by Crippen LogP contribution is 2.28. The molecule has 1 amide bonds. The molecule has 0 unspecified atom stereocenters. The Balaban J connectivity index is 2.06. The molecule has 0 saturated carbocycles. The van der Waals surface area contributed by atoms with Crippen molar-refractivity contribution in [2.45, 2.75) is 40.2 Å². The Morgan fingerprint density at radius 2 is 2.00 bits per heavy atom. The largest absolute Gasteiger partial charge is 0.490 e. The average Bonchev–Trinajstić information content (AvgIpc) is 2.60. The highest BCUT2D eigenvalue weighted by Gasteiger charge is 2.11. The maximum absolute atomic E-state index is 12.0. The van der Waals surface area contributed by atoms with Crippen LogP contribution in [0, 0.1) is 6.92 Å². The van der Waals surface area contributed by atoms with Crippen molar-refractivity contribution in [1.29, 1.82) is 0 Å². The van der Waals surface area contributed by atoms with Gasteiger partial charge in [-0.1, -0.05) is 0 Å². The van der Waals surface area contributed by atoms with E-state index in [1.807, 2.05) is 20.8 Å². The number of nitrogens with one attached hydrogen (secondary N) is 3. The highest BCUT2D eigenvalue weighted by molar-refractivity contribution is 5.84. The van der Waals surface area contributed by atoms with E-state index in [1.54, 1.807) is 25.1 Å². The fraction of sp³-hybridized carbons (Fsp3) is 0.368. The van der Waals surface area contributed by atoms with Crippen LogP contribution in [-0.2, 0) is 11.2 Å². The van der Waals surface area contributed by atoms with Gasteiger partial charge < -0.3 is 14.5 Å². The molecule has 0 spiro atoms. The van der Waals surface area contributed by atoms with Gasteiger partial charge in [-0.25, -0.2) is 10.2 Å². The summed E-state index contributed by atoms with van der Waals surface area (Å²) in [5, 5.41) is 3.90. The molecule has 2 rings (SSSR count). The number of benzene rings is 1. The van der Waals surface area contributed by atoms with Gasteiger partial charge in [0.25, 0.3) is 5.56 Å². The van der Waals surface area contributed by atoms with Gasteiger partial charge >= 0.3 is 5.69 Å². The summed E-state index contributed by atoms with van der Waals surface area (Å²) in [6.07, 6.45) is 1.27. The zero-order valence-electron chi connectivity index (χ0n) is 16.3. The zero-order chi connectivity index (χ0) is 20.7. The summed E-state index contributed by atoms with van der Waals surface area (Å²) < 4.78 is 11.3. The van der Waals surface area contributed by atoms with E-state index in [4.69, 9.17) is 9.47 Å². The molecular formula is C19H24N4O5. The molecule has 1 aromatic heterocycles. The summed E-state index contributed by atoms with van der Waals surface area (Å²) in [4.78, 5) is 39.5. The number of amides is 1. The van der Waals surface area contributed by atoms with E-state index in [0.717, 1.165) is 0 Å². The standard InChI is InChI=1S/C19H24N4O5/c1-5-27-16-8-13(6-7-15(16)28-11(2)3)10-20-23-17(24)9-14-12(4)21-19(26)22-18(14)25/h6-8,10-11H,5,9H2,1-4H3,(H,23,24)(H2,21,22,25,26)/b20-10-. The van der Waals surface area contributed by atoms with E-state index in [1.165, 1.54) is 6.21 Å². The second-order valence-corrected chi connectivity index (χ2v) is 6.29. The maximum Gasteiger partial charge on any atom is 0.325 e.